The SMILES string of the molecule is OC[C@H]1[C@H]2C=CC([C@@H]1CO)C21CC1. The number of allylic oxidation sites excluding steroid dienone is 2. The van der Waals surface area contributed by atoms with E-state index >= 15 is 0 Å². The van der Waals surface area contributed by atoms with Crippen LogP contribution in [0.15, 0.2) is 12.2 Å². The van der Waals surface area contributed by atoms with Gasteiger partial charge in [-0.05, 0) is 41.9 Å². The van der Waals surface area contributed by atoms with Gasteiger partial charge in [-0.1, -0.05) is 12.2 Å². The van der Waals surface area contributed by atoms with Crippen LogP contribution in [-0.4, -0.2) is 23.4 Å². The Hall–Kier alpha value is -0.340. The lowest BCUT2D eigenvalue weighted by Crippen LogP contribution is -2.25. The molecule has 2 N–H and O–H groups in total. The first-order valence-electron chi connectivity index (χ1n) is 5.23. The highest BCUT2D eigenvalue weighted by Crippen LogP contribution is 2.71. The summed E-state index contributed by atoms with van der Waals surface area (Å²) in [4.78, 5) is 0. The van der Waals surface area contributed by atoms with Crippen LogP contribution in [0, 0.1) is 29.1 Å². The first-order chi connectivity index (χ1) is 6.33. The third kappa shape index (κ3) is 0.767. The predicted molar refractivity (Wildman–Crippen MR) is 48.9 cm³/mol. The average molecular weight is 180 g/mol. The maximum Gasteiger partial charge on any atom is 0.0468 e. The van der Waals surface area contributed by atoms with Gasteiger partial charge in [0.25, 0.3) is 0 Å². The van der Waals surface area contributed by atoms with Gasteiger partial charge in [0.2, 0.25) is 0 Å². The van der Waals surface area contributed by atoms with E-state index in [-0.39, 0.29) is 13.2 Å². The Bertz CT molecular complexity index is 233. The number of rotatable bonds is 2. The van der Waals surface area contributed by atoms with Crippen molar-refractivity contribution in [2.75, 3.05) is 13.2 Å². The van der Waals surface area contributed by atoms with E-state index in [1.807, 2.05) is 0 Å². The fourth-order valence-corrected chi connectivity index (χ4v) is 3.82. The Balaban J connectivity index is 1.96. The van der Waals surface area contributed by atoms with Gasteiger partial charge in [0.15, 0.2) is 0 Å². The van der Waals surface area contributed by atoms with Gasteiger partial charge < -0.3 is 10.2 Å². The smallest absolute Gasteiger partial charge is 0.0468 e. The molecular formula is C11H16O2. The fraction of sp³-hybridized carbons (Fsp3) is 0.818. The zero-order valence-electron chi connectivity index (χ0n) is 7.69. The first-order valence-corrected chi connectivity index (χ1v) is 5.23. The Morgan fingerprint density at radius 3 is 1.77 bits per heavy atom. The molecule has 3 aliphatic rings. The molecular weight excluding hydrogens is 164 g/mol. The van der Waals surface area contributed by atoms with Crippen LogP contribution in [0.25, 0.3) is 0 Å². The molecule has 2 saturated carbocycles. The molecule has 0 aromatic carbocycles. The average Bonchev–Trinajstić information content (AvgIpc) is 2.82. The molecule has 0 aliphatic heterocycles. The van der Waals surface area contributed by atoms with Crippen LogP contribution in [0.2, 0.25) is 0 Å². The van der Waals surface area contributed by atoms with Crippen molar-refractivity contribution in [2.24, 2.45) is 29.1 Å². The molecule has 2 bridgehead atoms. The molecule has 4 atom stereocenters. The molecule has 0 aromatic heterocycles. The van der Waals surface area contributed by atoms with Crippen molar-refractivity contribution in [3.8, 4) is 0 Å². The summed E-state index contributed by atoms with van der Waals surface area (Å²) in [5.74, 6) is 1.81. The summed E-state index contributed by atoms with van der Waals surface area (Å²) < 4.78 is 0. The van der Waals surface area contributed by atoms with Crippen molar-refractivity contribution in [2.45, 2.75) is 12.8 Å². The fourth-order valence-electron chi connectivity index (χ4n) is 3.82. The standard InChI is InChI=1S/C11H16O2/c12-5-7-8(6-13)10-2-1-9(7)11(10)3-4-11/h1-2,7-10,12-13H,3-6H2/t7-,8-,9-,10?/m1/s1. The third-order valence-corrected chi connectivity index (χ3v) is 4.57. The third-order valence-electron chi connectivity index (χ3n) is 4.57. The number of hydrogen-bond donors (Lipinski definition) is 2. The molecule has 0 aromatic rings. The molecule has 2 nitrogen and oxygen atoms in total. The number of aliphatic hydroxyl groups excluding tert-OH is 2. The van der Waals surface area contributed by atoms with Crippen molar-refractivity contribution in [1.29, 1.82) is 0 Å². The second kappa shape index (κ2) is 2.37. The summed E-state index contributed by atoms with van der Waals surface area (Å²) >= 11 is 0. The summed E-state index contributed by atoms with van der Waals surface area (Å²) in [7, 11) is 0. The van der Waals surface area contributed by atoms with Gasteiger partial charge in [0, 0.05) is 13.2 Å². The van der Waals surface area contributed by atoms with Crippen molar-refractivity contribution in [1.82, 2.24) is 0 Å². The van der Waals surface area contributed by atoms with Gasteiger partial charge in [-0.15, -0.1) is 0 Å². The van der Waals surface area contributed by atoms with Gasteiger partial charge in [-0.25, -0.2) is 0 Å². The zero-order chi connectivity index (χ0) is 9.05. The lowest BCUT2D eigenvalue weighted by molar-refractivity contribution is 0.112. The molecule has 13 heavy (non-hydrogen) atoms. The van der Waals surface area contributed by atoms with E-state index in [9.17, 15) is 10.2 Å². The molecule has 1 spiro atoms. The highest BCUT2D eigenvalue weighted by Gasteiger charge is 2.66. The normalized spacial score (nSPS) is 49.1. The minimum Gasteiger partial charge on any atom is -0.396 e. The summed E-state index contributed by atoms with van der Waals surface area (Å²) in [6.07, 6.45) is 7.18. The first kappa shape index (κ1) is 8.01. The molecule has 0 amide bonds. The maximum absolute atomic E-state index is 9.30. The minimum atomic E-state index is 0.248. The van der Waals surface area contributed by atoms with Crippen molar-refractivity contribution in [3.63, 3.8) is 0 Å². The maximum atomic E-state index is 9.30. The largest absolute Gasteiger partial charge is 0.396 e. The molecule has 3 rings (SSSR count). The highest BCUT2D eigenvalue weighted by atomic mass is 16.3. The molecule has 1 unspecified atom stereocenters. The van der Waals surface area contributed by atoms with Crippen molar-refractivity contribution >= 4 is 0 Å². The topological polar surface area (TPSA) is 40.5 Å². The summed E-state index contributed by atoms with van der Waals surface area (Å²) in [6.45, 7) is 0.497. The summed E-state index contributed by atoms with van der Waals surface area (Å²) in [5.41, 5.74) is 0.487. The molecule has 0 radical (unpaired) electrons. The Morgan fingerprint density at radius 1 is 1.00 bits per heavy atom. The second-order valence-electron chi connectivity index (χ2n) is 4.86. The Morgan fingerprint density at radius 2 is 1.46 bits per heavy atom. The number of aliphatic hydroxyl groups is 2. The van der Waals surface area contributed by atoms with Gasteiger partial charge in [0.05, 0.1) is 0 Å². The van der Waals surface area contributed by atoms with Crippen LogP contribution in [0.4, 0.5) is 0 Å². The zero-order valence-corrected chi connectivity index (χ0v) is 7.69. The molecule has 2 fully saturated rings. The van der Waals surface area contributed by atoms with Crippen LogP contribution in [0.1, 0.15) is 12.8 Å². The van der Waals surface area contributed by atoms with E-state index in [1.54, 1.807) is 0 Å². The van der Waals surface area contributed by atoms with Gasteiger partial charge >= 0.3 is 0 Å². The van der Waals surface area contributed by atoms with E-state index in [4.69, 9.17) is 0 Å². The monoisotopic (exact) mass is 180 g/mol. The van der Waals surface area contributed by atoms with Crippen LogP contribution in [-0.2, 0) is 0 Å². The van der Waals surface area contributed by atoms with Crippen molar-refractivity contribution in [3.05, 3.63) is 12.2 Å². The van der Waals surface area contributed by atoms with Gasteiger partial charge in [-0.3, -0.25) is 0 Å². The van der Waals surface area contributed by atoms with Gasteiger partial charge in [-0.2, -0.15) is 0 Å². The van der Waals surface area contributed by atoms with E-state index in [1.165, 1.54) is 12.8 Å². The van der Waals surface area contributed by atoms with Crippen molar-refractivity contribution < 1.29 is 10.2 Å². The lowest BCUT2D eigenvalue weighted by atomic mass is 9.84. The van der Waals surface area contributed by atoms with E-state index in [2.05, 4.69) is 12.2 Å². The van der Waals surface area contributed by atoms with Crippen LogP contribution >= 0.6 is 0 Å². The number of hydrogen-bond acceptors (Lipinski definition) is 2. The highest BCUT2D eigenvalue weighted by molar-refractivity contribution is 5.28. The Labute approximate surface area is 78.3 Å². The van der Waals surface area contributed by atoms with Gasteiger partial charge in [0.1, 0.15) is 0 Å². The second-order valence-corrected chi connectivity index (χ2v) is 4.86. The van der Waals surface area contributed by atoms with E-state index < -0.39 is 0 Å². The molecule has 0 heterocycles. The van der Waals surface area contributed by atoms with Crippen LogP contribution < -0.4 is 0 Å². The van der Waals surface area contributed by atoms with Crippen LogP contribution in [0.3, 0.4) is 0 Å². The van der Waals surface area contributed by atoms with E-state index in [0.29, 0.717) is 29.1 Å². The van der Waals surface area contributed by atoms with E-state index in [0.717, 1.165) is 0 Å². The molecule has 72 valence electrons. The molecule has 2 heteroatoms. The summed E-state index contributed by atoms with van der Waals surface area (Å²) in [5, 5.41) is 18.6. The molecule has 0 saturated heterocycles. The summed E-state index contributed by atoms with van der Waals surface area (Å²) in [6, 6.07) is 0. The lowest BCUT2D eigenvalue weighted by Gasteiger charge is -2.23. The van der Waals surface area contributed by atoms with Crippen LogP contribution in [0.5, 0.6) is 0 Å². The quantitative estimate of drug-likeness (QED) is 0.617. The minimum absolute atomic E-state index is 0.248. The predicted octanol–water partition coefficient (Wildman–Crippen LogP) is 0.799. The molecule has 3 aliphatic carbocycles. The Kier molecular flexibility index (Phi) is 1.46.